The fourth-order valence-electron chi connectivity index (χ4n) is 4.42. The van der Waals surface area contributed by atoms with Gasteiger partial charge in [-0.2, -0.15) is 18.3 Å². The largest absolute Gasteiger partial charge is 0.416 e. The van der Waals surface area contributed by atoms with Gasteiger partial charge in [0.15, 0.2) is 5.69 Å². The molecule has 9 heteroatoms. The standard InChI is InChI=1S/C21H25F3N4OS/c1-2-30-28-12-9-16-18(13-28)25-26-19(16)20(29)27-10-7-14(8-11-27)15-5-3-4-6-17(15)21(22,23)24/h3-6,14H,2,7-13H2,1H3,(H,25,26). The van der Waals surface area contributed by atoms with Gasteiger partial charge >= 0.3 is 6.18 Å². The molecule has 1 fully saturated rings. The number of carbonyl (C=O) groups is 1. The quantitative estimate of drug-likeness (QED) is 0.716. The number of nitrogens with one attached hydrogen (secondary N) is 1. The van der Waals surface area contributed by atoms with Crippen LogP contribution in [0.25, 0.3) is 0 Å². The SMILES string of the molecule is CCSN1CCc2c(C(=O)N3CCC(c4ccccc4C(F)(F)F)CC3)n[nH]c2C1. The molecule has 1 N–H and O–H groups in total. The van der Waals surface area contributed by atoms with Crippen LogP contribution in [0.15, 0.2) is 24.3 Å². The number of halogens is 3. The number of hydrogen-bond acceptors (Lipinski definition) is 4. The van der Waals surface area contributed by atoms with Crippen molar-refractivity contribution in [3.05, 3.63) is 52.3 Å². The molecule has 1 aromatic carbocycles. The number of hydrogen-bond donors (Lipinski definition) is 1. The number of aromatic amines is 1. The minimum atomic E-state index is -4.36. The number of amides is 1. The highest BCUT2D eigenvalue weighted by Gasteiger charge is 2.36. The van der Waals surface area contributed by atoms with Crippen LogP contribution in [0, 0.1) is 0 Å². The number of carbonyl (C=O) groups excluding carboxylic acids is 1. The van der Waals surface area contributed by atoms with Crippen molar-refractivity contribution in [3.8, 4) is 0 Å². The molecule has 3 heterocycles. The Balaban J connectivity index is 1.43. The zero-order valence-electron chi connectivity index (χ0n) is 16.8. The van der Waals surface area contributed by atoms with Gasteiger partial charge in [-0.1, -0.05) is 37.1 Å². The van der Waals surface area contributed by atoms with Crippen molar-refractivity contribution in [1.82, 2.24) is 19.4 Å². The van der Waals surface area contributed by atoms with Gasteiger partial charge in [0, 0.05) is 31.0 Å². The Kier molecular flexibility index (Phi) is 6.11. The predicted octanol–water partition coefficient (Wildman–Crippen LogP) is 4.47. The monoisotopic (exact) mass is 438 g/mol. The van der Waals surface area contributed by atoms with Crippen LogP contribution in [-0.2, 0) is 19.1 Å². The number of piperidine rings is 1. The second kappa shape index (κ2) is 8.63. The number of likely N-dealkylation sites (tertiary alicyclic amines) is 1. The lowest BCUT2D eigenvalue weighted by Crippen LogP contribution is -2.39. The van der Waals surface area contributed by atoms with Crippen molar-refractivity contribution in [2.24, 2.45) is 0 Å². The molecule has 30 heavy (non-hydrogen) atoms. The highest BCUT2D eigenvalue weighted by Crippen LogP contribution is 2.39. The molecule has 1 aromatic heterocycles. The lowest BCUT2D eigenvalue weighted by atomic mass is 9.86. The molecule has 1 saturated heterocycles. The predicted molar refractivity (Wildman–Crippen MR) is 110 cm³/mol. The van der Waals surface area contributed by atoms with E-state index in [-0.39, 0.29) is 11.8 Å². The normalized spacial score (nSPS) is 18.5. The molecule has 2 aromatic rings. The van der Waals surface area contributed by atoms with Crippen molar-refractivity contribution in [3.63, 3.8) is 0 Å². The summed E-state index contributed by atoms with van der Waals surface area (Å²) in [5, 5.41) is 7.31. The summed E-state index contributed by atoms with van der Waals surface area (Å²) in [6.07, 6.45) is -2.55. The Labute approximate surface area is 178 Å². The molecule has 1 amide bonds. The van der Waals surface area contributed by atoms with E-state index in [1.54, 1.807) is 29.0 Å². The number of fused-ring (bicyclic) bond motifs is 1. The van der Waals surface area contributed by atoms with Crippen molar-refractivity contribution >= 4 is 17.9 Å². The molecule has 2 aliphatic heterocycles. The van der Waals surface area contributed by atoms with E-state index in [2.05, 4.69) is 21.4 Å². The highest BCUT2D eigenvalue weighted by molar-refractivity contribution is 7.96. The van der Waals surface area contributed by atoms with Crippen LogP contribution in [0.5, 0.6) is 0 Å². The minimum Gasteiger partial charge on any atom is -0.337 e. The van der Waals surface area contributed by atoms with Gasteiger partial charge < -0.3 is 4.90 Å². The molecular weight excluding hydrogens is 413 g/mol. The zero-order chi connectivity index (χ0) is 21.3. The number of aromatic nitrogens is 2. The maximum Gasteiger partial charge on any atom is 0.416 e. The summed E-state index contributed by atoms with van der Waals surface area (Å²) >= 11 is 1.77. The molecule has 0 unspecified atom stereocenters. The molecular formula is C21H25F3N4OS. The van der Waals surface area contributed by atoms with Crippen LogP contribution in [0.4, 0.5) is 13.2 Å². The lowest BCUT2D eigenvalue weighted by molar-refractivity contribution is -0.138. The van der Waals surface area contributed by atoms with Crippen molar-refractivity contribution in [1.29, 1.82) is 0 Å². The van der Waals surface area contributed by atoms with Crippen molar-refractivity contribution in [2.45, 2.75) is 44.8 Å². The molecule has 0 saturated carbocycles. The summed E-state index contributed by atoms with van der Waals surface area (Å²) in [5.74, 6) is 0.688. The van der Waals surface area contributed by atoms with Gasteiger partial charge in [-0.3, -0.25) is 9.89 Å². The summed E-state index contributed by atoms with van der Waals surface area (Å²) in [4.78, 5) is 14.8. The average molecular weight is 439 g/mol. The van der Waals surface area contributed by atoms with E-state index in [1.807, 2.05) is 0 Å². The molecule has 0 bridgehead atoms. The van der Waals surface area contributed by atoms with Crippen LogP contribution in [0.1, 0.15) is 58.6 Å². The first-order chi connectivity index (χ1) is 14.4. The molecule has 0 aliphatic carbocycles. The zero-order valence-corrected chi connectivity index (χ0v) is 17.7. The topological polar surface area (TPSA) is 52.2 Å². The molecule has 5 nitrogen and oxygen atoms in total. The summed E-state index contributed by atoms with van der Waals surface area (Å²) < 4.78 is 42.3. The Morgan fingerprint density at radius 3 is 2.67 bits per heavy atom. The van der Waals surface area contributed by atoms with Gasteiger partial charge in [-0.25, -0.2) is 4.31 Å². The highest BCUT2D eigenvalue weighted by atomic mass is 32.2. The number of H-pyrrole nitrogens is 1. The Morgan fingerprint density at radius 2 is 1.97 bits per heavy atom. The van der Waals surface area contributed by atoms with Gasteiger partial charge in [0.2, 0.25) is 0 Å². The number of nitrogens with zero attached hydrogens (tertiary/aromatic N) is 3. The second-order valence-corrected chi connectivity index (χ2v) is 9.06. The van der Waals surface area contributed by atoms with E-state index in [9.17, 15) is 18.0 Å². The van der Waals surface area contributed by atoms with E-state index in [0.29, 0.717) is 37.2 Å². The van der Waals surface area contributed by atoms with Gasteiger partial charge in [-0.05, 0) is 36.8 Å². The average Bonchev–Trinajstić information content (AvgIpc) is 3.16. The van der Waals surface area contributed by atoms with Crippen LogP contribution in [0.2, 0.25) is 0 Å². The Hall–Kier alpha value is -2.00. The van der Waals surface area contributed by atoms with Crippen molar-refractivity contribution in [2.75, 3.05) is 25.4 Å². The maximum absolute atomic E-state index is 13.3. The molecule has 0 spiro atoms. The summed E-state index contributed by atoms with van der Waals surface area (Å²) in [5.41, 5.74) is 2.21. The molecule has 0 radical (unpaired) electrons. The van der Waals surface area contributed by atoms with Gasteiger partial charge in [0.05, 0.1) is 17.8 Å². The van der Waals surface area contributed by atoms with Crippen molar-refractivity contribution < 1.29 is 18.0 Å². The molecule has 2 aliphatic rings. The van der Waals surface area contributed by atoms with Crippen LogP contribution in [-0.4, -0.2) is 50.7 Å². The smallest absolute Gasteiger partial charge is 0.337 e. The summed E-state index contributed by atoms with van der Waals surface area (Å²) in [7, 11) is 0. The molecule has 0 atom stereocenters. The van der Waals surface area contributed by atoms with E-state index >= 15 is 0 Å². The third-order valence-corrected chi connectivity index (χ3v) is 6.84. The van der Waals surface area contributed by atoms with Crippen LogP contribution < -0.4 is 0 Å². The Bertz CT molecular complexity index is 906. The first kappa shape index (κ1) is 21.2. The first-order valence-electron chi connectivity index (χ1n) is 10.3. The van der Waals surface area contributed by atoms with Gasteiger partial charge in [0.1, 0.15) is 0 Å². The van der Waals surface area contributed by atoms with Gasteiger partial charge in [0.25, 0.3) is 5.91 Å². The fourth-order valence-corrected chi connectivity index (χ4v) is 5.22. The van der Waals surface area contributed by atoms with Crippen LogP contribution in [0.3, 0.4) is 0 Å². The van der Waals surface area contributed by atoms with Crippen LogP contribution >= 0.6 is 11.9 Å². The molecule has 162 valence electrons. The minimum absolute atomic E-state index is 0.119. The third-order valence-electron chi connectivity index (χ3n) is 5.90. The third kappa shape index (κ3) is 4.23. The number of alkyl halides is 3. The van der Waals surface area contributed by atoms with E-state index in [0.717, 1.165) is 42.6 Å². The number of benzene rings is 1. The van der Waals surface area contributed by atoms with E-state index < -0.39 is 11.7 Å². The summed E-state index contributed by atoms with van der Waals surface area (Å²) in [6, 6.07) is 5.78. The lowest BCUT2D eigenvalue weighted by Gasteiger charge is -2.33. The van der Waals surface area contributed by atoms with E-state index in [4.69, 9.17) is 0 Å². The first-order valence-corrected chi connectivity index (χ1v) is 11.2. The second-order valence-electron chi connectivity index (χ2n) is 7.71. The maximum atomic E-state index is 13.3. The van der Waals surface area contributed by atoms with E-state index in [1.165, 1.54) is 6.07 Å². The fraction of sp³-hybridized carbons (Fsp3) is 0.524. The van der Waals surface area contributed by atoms with Gasteiger partial charge in [-0.15, -0.1) is 0 Å². The molecule has 4 rings (SSSR count). The number of rotatable bonds is 4. The summed E-state index contributed by atoms with van der Waals surface area (Å²) in [6.45, 7) is 4.61. The Morgan fingerprint density at radius 1 is 1.23 bits per heavy atom.